The third-order valence-electron chi connectivity index (χ3n) is 2.82. The Kier molecular flexibility index (Phi) is 5.23. The normalized spacial score (nSPS) is 12.6. The Morgan fingerprint density at radius 3 is 2.83 bits per heavy atom. The summed E-state index contributed by atoms with van der Waals surface area (Å²) >= 11 is 3.59. The molecule has 2 aromatic rings. The lowest BCUT2D eigenvalue weighted by atomic mass is 10.1. The van der Waals surface area contributed by atoms with Crippen LogP contribution in [-0.4, -0.2) is 13.7 Å². The van der Waals surface area contributed by atoms with E-state index in [1.807, 2.05) is 11.3 Å². The van der Waals surface area contributed by atoms with Gasteiger partial charge in [0.25, 0.3) is 0 Å². The highest BCUT2D eigenvalue weighted by Crippen LogP contribution is 2.33. The highest BCUT2D eigenvalue weighted by Gasteiger charge is 2.17. The Morgan fingerprint density at radius 1 is 1.28 bits per heavy atom. The van der Waals surface area contributed by atoms with E-state index in [1.165, 1.54) is 9.75 Å². The quantitative estimate of drug-likeness (QED) is 0.825. The van der Waals surface area contributed by atoms with Crippen LogP contribution in [0.2, 0.25) is 0 Å². The maximum absolute atomic E-state index is 5.44. The lowest BCUT2D eigenvalue weighted by Crippen LogP contribution is -2.23. The van der Waals surface area contributed by atoms with Gasteiger partial charge in [0.2, 0.25) is 0 Å². The first-order valence-corrected chi connectivity index (χ1v) is 7.98. The fourth-order valence-corrected chi connectivity index (χ4v) is 3.63. The Bertz CT molecular complexity index is 450. The highest BCUT2D eigenvalue weighted by atomic mass is 32.1. The third-order valence-corrected chi connectivity index (χ3v) is 4.73. The molecule has 2 nitrogen and oxygen atoms in total. The van der Waals surface area contributed by atoms with Gasteiger partial charge in [0.05, 0.1) is 18.0 Å². The molecular weight excluding hydrogens is 262 g/mol. The van der Waals surface area contributed by atoms with Crippen LogP contribution in [0.1, 0.15) is 29.1 Å². The Balaban J connectivity index is 2.14. The first-order chi connectivity index (χ1) is 8.85. The van der Waals surface area contributed by atoms with Crippen molar-refractivity contribution in [3.8, 4) is 5.75 Å². The van der Waals surface area contributed by atoms with Gasteiger partial charge in [0.1, 0.15) is 5.75 Å². The van der Waals surface area contributed by atoms with E-state index in [9.17, 15) is 0 Å². The fraction of sp³-hybridized carbons (Fsp3) is 0.429. The standard InChI is InChI=1S/C14H19NOS2/c1-3-7-15-12(10-11-5-4-8-17-11)14-13(16-2)6-9-18-14/h4-6,8-9,12,15H,3,7,10H2,1-2H3. The smallest absolute Gasteiger partial charge is 0.134 e. The Labute approximate surface area is 117 Å². The van der Waals surface area contributed by atoms with Gasteiger partial charge in [0, 0.05) is 11.3 Å². The average molecular weight is 281 g/mol. The molecule has 18 heavy (non-hydrogen) atoms. The zero-order valence-corrected chi connectivity index (χ0v) is 12.4. The molecule has 0 aliphatic carbocycles. The minimum Gasteiger partial charge on any atom is -0.496 e. The number of methoxy groups -OCH3 is 1. The summed E-state index contributed by atoms with van der Waals surface area (Å²) in [5.74, 6) is 1.00. The molecule has 0 spiro atoms. The van der Waals surface area contributed by atoms with Crippen molar-refractivity contribution in [2.24, 2.45) is 0 Å². The molecule has 0 amide bonds. The second kappa shape index (κ2) is 6.92. The van der Waals surface area contributed by atoms with Crippen LogP contribution in [0.3, 0.4) is 0 Å². The van der Waals surface area contributed by atoms with Crippen molar-refractivity contribution in [3.05, 3.63) is 38.7 Å². The van der Waals surface area contributed by atoms with Gasteiger partial charge in [-0.2, -0.15) is 0 Å². The molecule has 1 atom stereocenters. The van der Waals surface area contributed by atoms with Crippen molar-refractivity contribution < 1.29 is 4.74 Å². The molecule has 0 aliphatic rings. The molecule has 4 heteroatoms. The zero-order valence-electron chi connectivity index (χ0n) is 10.8. The number of nitrogens with one attached hydrogen (secondary N) is 1. The van der Waals surface area contributed by atoms with Gasteiger partial charge < -0.3 is 10.1 Å². The summed E-state index contributed by atoms with van der Waals surface area (Å²) in [6.45, 7) is 3.23. The molecule has 0 radical (unpaired) electrons. The highest BCUT2D eigenvalue weighted by molar-refractivity contribution is 7.10. The van der Waals surface area contributed by atoms with Crippen molar-refractivity contribution in [2.75, 3.05) is 13.7 Å². The summed E-state index contributed by atoms with van der Waals surface area (Å²) in [5.41, 5.74) is 0. The molecule has 98 valence electrons. The molecule has 0 aromatic carbocycles. The van der Waals surface area contributed by atoms with Crippen LogP contribution >= 0.6 is 22.7 Å². The maximum atomic E-state index is 5.44. The van der Waals surface area contributed by atoms with Crippen LogP contribution in [0.4, 0.5) is 0 Å². The number of rotatable bonds is 7. The molecule has 0 aliphatic heterocycles. The summed E-state index contributed by atoms with van der Waals surface area (Å²) in [6.07, 6.45) is 2.18. The van der Waals surface area contributed by atoms with Crippen LogP contribution in [0, 0.1) is 0 Å². The number of hydrogen-bond donors (Lipinski definition) is 1. The van der Waals surface area contributed by atoms with Crippen molar-refractivity contribution in [2.45, 2.75) is 25.8 Å². The van der Waals surface area contributed by atoms with Gasteiger partial charge in [-0.05, 0) is 35.9 Å². The van der Waals surface area contributed by atoms with E-state index in [2.05, 4.69) is 41.2 Å². The van der Waals surface area contributed by atoms with Crippen LogP contribution in [-0.2, 0) is 6.42 Å². The van der Waals surface area contributed by atoms with Gasteiger partial charge in [-0.25, -0.2) is 0 Å². The van der Waals surface area contributed by atoms with E-state index in [4.69, 9.17) is 4.74 Å². The van der Waals surface area contributed by atoms with Crippen LogP contribution in [0.25, 0.3) is 0 Å². The van der Waals surface area contributed by atoms with E-state index in [0.29, 0.717) is 6.04 Å². The van der Waals surface area contributed by atoms with Crippen molar-refractivity contribution in [3.63, 3.8) is 0 Å². The predicted octanol–water partition coefficient (Wildman–Crippen LogP) is 4.10. The molecule has 2 aromatic heterocycles. The van der Waals surface area contributed by atoms with Crippen LogP contribution < -0.4 is 10.1 Å². The van der Waals surface area contributed by atoms with Crippen molar-refractivity contribution >= 4 is 22.7 Å². The van der Waals surface area contributed by atoms with Crippen molar-refractivity contribution in [1.29, 1.82) is 0 Å². The zero-order chi connectivity index (χ0) is 12.8. The van der Waals surface area contributed by atoms with Gasteiger partial charge >= 0.3 is 0 Å². The number of ether oxygens (including phenoxy) is 1. The first kappa shape index (κ1) is 13.6. The van der Waals surface area contributed by atoms with Gasteiger partial charge in [0.15, 0.2) is 0 Å². The summed E-state index contributed by atoms with van der Waals surface area (Å²) in [7, 11) is 1.74. The molecule has 0 saturated carbocycles. The summed E-state index contributed by atoms with van der Waals surface area (Å²) < 4.78 is 5.44. The second-order valence-corrected chi connectivity index (χ2v) is 6.12. The monoisotopic (exact) mass is 281 g/mol. The lowest BCUT2D eigenvalue weighted by molar-refractivity contribution is 0.402. The van der Waals surface area contributed by atoms with Gasteiger partial charge in [-0.15, -0.1) is 22.7 Å². The largest absolute Gasteiger partial charge is 0.496 e. The molecular formula is C14H19NOS2. The van der Waals surface area contributed by atoms with Crippen LogP contribution in [0.15, 0.2) is 29.0 Å². The van der Waals surface area contributed by atoms with E-state index >= 15 is 0 Å². The number of thiophene rings is 2. The van der Waals surface area contributed by atoms with E-state index in [0.717, 1.165) is 25.1 Å². The molecule has 0 fully saturated rings. The molecule has 1 N–H and O–H groups in total. The van der Waals surface area contributed by atoms with Crippen LogP contribution in [0.5, 0.6) is 5.75 Å². The van der Waals surface area contributed by atoms with Gasteiger partial charge in [-0.1, -0.05) is 13.0 Å². The molecule has 0 saturated heterocycles. The average Bonchev–Trinajstić information content (AvgIpc) is 3.04. The van der Waals surface area contributed by atoms with Gasteiger partial charge in [-0.3, -0.25) is 0 Å². The SMILES string of the molecule is CCCNC(Cc1cccs1)c1sccc1OC. The molecule has 2 heterocycles. The fourth-order valence-electron chi connectivity index (χ4n) is 1.94. The molecule has 1 unspecified atom stereocenters. The van der Waals surface area contributed by atoms with E-state index in [-0.39, 0.29) is 0 Å². The Hall–Kier alpha value is -0.840. The van der Waals surface area contributed by atoms with E-state index in [1.54, 1.807) is 18.4 Å². The number of hydrogen-bond acceptors (Lipinski definition) is 4. The molecule has 0 bridgehead atoms. The minimum absolute atomic E-state index is 0.360. The first-order valence-electron chi connectivity index (χ1n) is 6.22. The summed E-state index contributed by atoms with van der Waals surface area (Å²) in [4.78, 5) is 2.72. The molecule has 2 rings (SSSR count). The third kappa shape index (κ3) is 3.34. The van der Waals surface area contributed by atoms with Crippen molar-refractivity contribution in [1.82, 2.24) is 5.32 Å². The Morgan fingerprint density at radius 2 is 2.17 bits per heavy atom. The predicted molar refractivity (Wildman–Crippen MR) is 79.9 cm³/mol. The minimum atomic E-state index is 0.360. The summed E-state index contributed by atoms with van der Waals surface area (Å²) in [5, 5.41) is 7.86. The lowest BCUT2D eigenvalue weighted by Gasteiger charge is -2.17. The topological polar surface area (TPSA) is 21.3 Å². The second-order valence-electron chi connectivity index (χ2n) is 4.14. The maximum Gasteiger partial charge on any atom is 0.134 e. The van der Waals surface area contributed by atoms with E-state index < -0.39 is 0 Å². The summed E-state index contributed by atoms with van der Waals surface area (Å²) in [6, 6.07) is 6.72.